The Balaban J connectivity index is 2.15. The van der Waals surface area contributed by atoms with Crippen LogP contribution in [-0.2, 0) is 11.0 Å². The van der Waals surface area contributed by atoms with E-state index < -0.39 is 28.7 Å². The van der Waals surface area contributed by atoms with Crippen molar-refractivity contribution >= 4 is 17.3 Å². The van der Waals surface area contributed by atoms with E-state index in [4.69, 9.17) is 0 Å². The largest absolute Gasteiger partial charge is 0.435 e. The molecule has 2 aromatic rings. The third kappa shape index (κ3) is 3.70. The van der Waals surface area contributed by atoms with E-state index in [1.807, 2.05) is 0 Å². The van der Waals surface area contributed by atoms with E-state index >= 15 is 0 Å². The summed E-state index contributed by atoms with van der Waals surface area (Å²) in [5.41, 5.74) is -0.735. The van der Waals surface area contributed by atoms with Gasteiger partial charge in [0.1, 0.15) is 6.04 Å². The molecule has 1 aromatic heterocycles. The molecule has 128 valence electrons. The molecule has 1 atom stereocenters. The Labute approximate surface area is 134 Å². The summed E-state index contributed by atoms with van der Waals surface area (Å²) in [6.07, 6.45) is -4.59. The lowest BCUT2D eigenvalue weighted by atomic mass is 10.2. The topological polar surface area (TPSA) is 90.1 Å². The number of carbonyl (C=O) groups excluding carboxylic acids is 1. The van der Waals surface area contributed by atoms with Gasteiger partial charge in [-0.1, -0.05) is 0 Å². The Bertz CT molecular complexity index is 769. The highest BCUT2D eigenvalue weighted by Gasteiger charge is 2.35. The molecule has 0 spiro atoms. The second kappa shape index (κ2) is 6.30. The predicted molar refractivity (Wildman–Crippen MR) is 78.4 cm³/mol. The first-order chi connectivity index (χ1) is 11.1. The minimum absolute atomic E-state index is 0.140. The number of amides is 1. The van der Waals surface area contributed by atoms with E-state index in [9.17, 15) is 28.1 Å². The van der Waals surface area contributed by atoms with Crippen LogP contribution >= 0.6 is 0 Å². The number of nitrogens with one attached hydrogen (secondary N) is 1. The van der Waals surface area contributed by atoms with Crippen molar-refractivity contribution in [3.05, 3.63) is 51.8 Å². The fraction of sp³-hybridized carbons (Fsp3) is 0.286. The summed E-state index contributed by atoms with van der Waals surface area (Å²) in [6.45, 7) is 2.82. The number of nitrogens with zero attached hydrogens (tertiary/aromatic N) is 3. The van der Waals surface area contributed by atoms with E-state index in [0.717, 1.165) is 10.7 Å². The molecule has 1 heterocycles. The molecule has 0 saturated carbocycles. The van der Waals surface area contributed by atoms with Crippen LogP contribution in [0.5, 0.6) is 0 Å². The third-order valence-electron chi connectivity index (χ3n) is 3.30. The molecule has 0 saturated heterocycles. The molecular weight excluding hydrogens is 329 g/mol. The van der Waals surface area contributed by atoms with Gasteiger partial charge in [0, 0.05) is 23.5 Å². The number of nitro benzene ring substituents is 1. The summed E-state index contributed by atoms with van der Waals surface area (Å²) in [7, 11) is 0. The zero-order valence-electron chi connectivity index (χ0n) is 12.7. The summed E-state index contributed by atoms with van der Waals surface area (Å²) in [4.78, 5) is 22.1. The van der Waals surface area contributed by atoms with Gasteiger partial charge in [-0.2, -0.15) is 18.3 Å². The van der Waals surface area contributed by atoms with E-state index in [-0.39, 0.29) is 11.4 Å². The molecule has 1 amide bonds. The van der Waals surface area contributed by atoms with Gasteiger partial charge in [0.25, 0.3) is 5.69 Å². The van der Waals surface area contributed by atoms with Crippen molar-refractivity contribution in [3.8, 4) is 0 Å². The summed E-state index contributed by atoms with van der Waals surface area (Å²) in [5.74, 6) is -0.594. The number of hydrogen-bond donors (Lipinski definition) is 1. The number of aromatic nitrogens is 2. The maximum absolute atomic E-state index is 12.7. The van der Waals surface area contributed by atoms with Crippen LogP contribution in [0.1, 0.15) is 24.4 Å². The molecule has 0 bridgehead atoms. The standard InChI is InChI=1S/C14H13F3N4O3/c1-8-7-12(14(15,16)17)19-20(8)9(2)13(22)18-10-3-5-11(6-4-10)21(23)24/h3-7,9H,1-2H3,(H,18,22). The maximum Gasteiger partial charge on any atom is 0.435 e. The molecule has 1 N–H and O–H groups in total. The Morgan fingerprint density at radius 2 is 1.92 bits per heavy atom. The van der Waals surface area contributed by atoms with Crippen LogP contribution in [0.15, 0.2) is 30.3 Å². The summed E-state index contributed by atoms with van der Waals surface area (Å²) in [5, 5.41) is 16.5. The third-order valence-corrected chi connectivity index (χ3v) is 3.30. The van der Waals surface area contributed by atoms with Crippen LogP contribution in [0.4, 0.5) is 24.5 Å². The molecule has 0 radical (unpaired) electrons. The van der Waals surface area contributed by atoms with Crippen molar-refractivity contribution in [2.24, 2.45) is 0 Å². The second-order valence-corrected chi connectivity index (χ2v) is 5.08. The number of carbonyl (C=O) groups is 1. The number of benzene rings is 1. The van der Waals surface area contributed by atoms with Gasteiger partial charge in [0.05, 0.1) is 4.92 Å². The second-order valence-electron chi connectivity index (χ2n) is 5.08. The zero-order valence-corrected chi connectivity index (χ0v) is 12.7. The molecule has 24 heavy (non-hydrogen) atoms. The van der Waals surface area contributed by atoms with Gasteiger partial charge in [0.15, 0.2) is 5.69 Å². The minimum atomic E-state index is -4.59. The number of aryl methyl sites for hydroxylation is 1. The van der Waals surface area contributed by atoms with Gasteiger partial charge in [-0.15, -0.1) is 0 Å². The normalized spacial score (nSPS) is 12.7. The highest BCUT2D eigenvalue weighted by atomic mass is 19.4. The van der Waals surface area contributed by atoms with Crippen LogP contribution in [0.25, 0.3) is 0 Å². The van der Waals surface area contributed by atoms with Crippen molar-refractivity contribution in [1.29, 1.82) is 0 Å². The van der Waals surface area contributed by atoms with Crippen LogP contribution < -0.4 is 5.32 Å². The highest BCUT2D eigenvalue weighted by molar-refractivity contribution is 5.93. The maximum atomic E-state index is 12.7. The molecule has 0 aliphatic heterocycles. The van der Waals surface area contributed by atoms with Crippen LogP contribution in [-0.4, -0.2) is 20.6 Å². The predicted octanol–water partition coefficient (Wildman–Crippen LogP) is 3.32. The molecule has 2 rings (SSSR count). The number of anilines is 1. The first-order valence-corrected chi connectivity index (χ1v) is 6.78. The van der Waals surface area contributed by atoms with Crippen molar-refractivity contribution in [2.45, 2.75) is 26.1 Å². The monoisotopic (exact) mass is 342 g/mol. The van der Waals surface area contributed by atoms with E-state index in [0.29, 0.717) is 5.69 Å². The minimum Gasteiger partial charge on any atom is -0.324 e. The number of halogens is 3. The van der Waals surface area contributed by atoms with E-state index in [2.05, 4.69) is 10.4 Å². The molecule has 0 aliphatic carbocycles. The summed E-state index contributed by atoms with van der Waals surface area (Å²) < 4.78 is 39.0. The first kappa shape index (κ1) is 17.4. The number of non-ortho nitro benzene ring substituents is 1. The molecule has 0 aliphatic rings. The summed E-state index contributed by atoms with van der Waals surface area (Å²) in [6, 6.07) is 4.95. The Morgan fingerprint density at radius 3 is 2.38 bits per heavy atom. The Kier molecular flexibility index (Phi) is 4.58. The fourth-order valence-corrected chi connectivity index (χ4v) is 2.04. The first-order valence-electron chi connectivity index (χ1n) is 6.78. The van der Waals surface area contributed by atoms with Gasteiger partial charge in [-0.05, 0) is 32.0 Å². The highest BCUT2D eigenvalue weighted by Crippen LogP contribution is 2.29. The molecule has 1 unspecified atom stereocenters. The quantitative estimate of drug-likeness (QED) is 0.682. The Morgan fingerprint density at radius 1 is 1.33 bits per heavy atom. The van der Waals surface area contributed by atoms with Gasteiger partial charge >= 0.3 is 6.18 Å². The van der Waals surface area contributed by atoms with Crippen LogP contribution in [0.3, 0.4) is 0 Å². The molecular formula is C14H13F3N4O3. The van der Waals surface area contributed by atoms with Gasteiger partial charge in [-0.25, -0.2) is 0 Å². The smallest absolute Gasteiger partial charge is 0.324 e. The molecule has 0 fully saturated rings. The van der Waals surface area contributed by atoms with E-state index in [1.165, 1.54) is 38.1 Å². The van der Waals surface area contributed by atoms with Crippen molar-refractivity contribution in [1.82, 2.24) is 9.78 Å². The van der Waals surface area contributed by atoms with Crippen molar-refractivity contribution in [3.63, 3.8) is 0 Å². The number of nitro groups is 1. The van der Waals surface area contributed by atoms with Gasteiger partial charge in [0.2, 0.25) is 5.91 Å². The van der Waals surface area contributed by atoms with Gasteiger partial charge < -0.3 is 5.32 Å². The lowest BCUT2D eigenvalue weighted by molar-refractivity contribution is -0.384. The fourth-order valence-electron chi connectivity index (χ4n) is 2.04. The number of rotatable bonds is 4. The molecule has 10 heteroatoms. The van der Waals surface area contributed by atoms with E-state index in [1.54, 1.807) is 0 Å². The zero-order chi connectivity index (χ0) is 18.1. The average Bonchev–Trinajstić information content (AvgIpc) is 2.89. The lowest BCUT2D eigenvalue weighted by Gasteiger charge is -2.14. The van der Waals surface area contributed by atoms with Crippen LogP contribution in [0.2, 0.25) is 0 Å². The number of hydrogen-bond acceptors (Lipinski definition) is 4. The SMILES string of the molecule is Cc1cc(C(F)(F)F)nn1C(C)C(=O)Nc1ccc([N+](=O)[O-])cc1. The molecule has 7 nitrogen and oxygen atoms in total. The Hall–Kier alpha value is -2.91. The summed E-state index contributed by atoms with van der Waals surface area (Å²) >= 11 is 0. The van der Waals surface area contributed by atoms with Crippen molar-refractivity contribution < 1.29 is 22.9 Å². The average molecular weight is 342 g/mol. The molecule has 1 aromatic carbocycles. The van der Waals surface area contributed by atoms with Crippen molar-refractivity contribution in [2.75, 3.05) is 5.32 Å². The lowest BCUT2D eigenvalue weighted by Crippen LogP contribution is -2.25. The van der Waals surface area contributed by atoms with Crippen LogP contribution in [0, 0.1) is 17.0 Å². The van der Waals surface area contributed by atoms with Gasteiger partial charge in [-0.3, -0.25) is 19.6 Å². The number of alkyl halides is 3.